The Morgan fingerprint density at radius 2 is 1.69 bits per heavy atom. The largest absolute Gasteiger partial charge is 0.298 e. The van der Waals surface area contributed by atoms with Gasteiger partial charge in [-0.2, -0.15) is 0 Å². The molecule has 0 aromatic heterocycles. The summed E-state index contributed by atoms with van der Waals surface area (Å²) < 4.78 is 0. The van der Waals surface area contributed by atoms with Gasteiger partial charge in [0.05, 0.1) is 0 Å². The predicted octanol–water partition coefficient (Wildman–Crippen LogP) is 1.29. The van der Waals surface area contributed by atoms with E-state index in [2.05, 4.69) is 0 Å². The summed E-state index contributed by atoms with van der Waals surface area (Å²) in [6.45, 7) is 2.68. The number of hydrogen-bond acceptors (Lipinski definition) is 3. The molecule has 13 heavy (non-hydrogen) atoms. The van der Waals surface area contributed by atoms with Crippen LogP contribution in [0.2, 0.25) is 0 Å². The van der Waals surface area contributed by atoms with E-state index in [0.29, 0.717) is 12.8 Å². The molecule has 0 saturated heterocycles. The molecule has 72 valence electrons. The van der Waals surface area contributed by atoms with Gasteiger partial charge in [0, 0.05) is 6.42 Å². The molecular weight excluding hydrogens is 168 g/mol. The van der Waals surface area contributed by atoms with Crippen LogP contribution in [0.3, 0.4) is 0 Å². The molecule has 0 amide bonds. The highest BCUT2D eigenvalue weighted by Crippen LogP contribution is 2.34. The van der Waals surface area contributed by atoms with Crippen molar-refractivity contribution in [2.24, 2.45) is 5.41 Å². The minimum Gasteiger partial charge on any atom is -0.298 e. The molecule has 0 atom stereocenters. The Morgan fingerprint density at radius 3 is 2.00 bits per heavy atom. The van der Waals surface area contributed by atoms with E-state index < -0.39 is 5.41 Å². The average Bonchev–Trinajstić information content (AvgIpc) is 2.04. The van der Waals surface area contributed by atoms with E-state index in [4.69, 9.17) is 0 Å². The highest BCUT2D eigenvalue weighted by Gasteiger charge is 2.48. The van der Waals surface area contributed by atoms with Crippen molar-refractivity contribution in [2.75, 3.05) is 0 Å². The fourth-order valence-electron chi connectivity index (χ4n) is 2.02. The molecule has 0 radical (unpaired) electrons. The maximum absolute atomic E-state index is 11.6. The summed E-state index contributed by atoms with van der Waals surface area (Å²) in [5.41, 5.74) is -1.28. The molecule has 0 spiro atoms. The standard InChI is InChI=1S/C10H14O3/c1-7(11)10(8(2)12)6-4-3-5-9(10)13/h3-6H2,1-2H3. The molecular formula is C10H14O3. The molecule has 0 aromatic rings. The van der Waals surface area contributed by atoms with Crippen LogP contribution in [0, 0.1) is 5.41 Å². The normalized spacial score (nSPS) is 21.2. The number of carbonyl (C=O) groups excluding carboxylic acids is 3. The van der Waals surface area contributed by atoms with Crippen LogP contribution in [0.15, 0.2) is 0 Å². The fourth-order valence-corrected chi connectivity index (χ4v) is 2.02. The van der Waals surface area contributed by atoms with Crippen LogP contribution in [-0.2, 0) is 14.4 Å². The molecule has 1 saturated carbocycles. The number of carbonyl (C=O) groups is 3. The smallest absolute Gasteiger partial charge is 0.153 e. The summed E-state index contributed by atoms with van der Waals surface area (Å²) in [5, 5.41) is 0. The van der Waals surface area contributed by atoms with Crippen LogP contribution in [0.5, 0.6) is 0 Å². The van der Waals surface area contributed by atoms with Crippen molar-refractivity contribution >= 4 is 17.3 Å². The van der Waals surface area contributed by atoms with Crippen molar-refractivity contribution in [3.63, 3.8) is 0 Å². The molecule has 0 aromatic carbocycles. The number of hydrogen-bond donors (Lipinski definition) is 0. The van der Waals surface area contributed by atoms with Crippen molar-refractivity contribution in [3.8, 4) is 0 Å². The van der Waals surface area contributed by atoms with Crippen molar-refractivity contribution in [1.29, 1.82) is 0 Å². The summed E-state index contributed by atoms with van der Waals surface area (Å²) in [6.07, 6.45) is 2.39. The lowest BCUT2D eigenvalue weighted by molar-refractivity contribution is -0.149. The van der Waals surface area contributed by atoms with Crippen molar-refractivity contribution in [1.82, 2.24) is 0 Å². The van der Waals surface area contributed by atoms with Crippen molar-refractivity contribution < 1.29 is 14.4 Å². The first-order valence-corrected chi connectivity index (χ1v) is 4.57. The van der Waals surface area contributed by atoms with Gasteiger partial charge >= 0.3 is 0 Å². The van der Waals surface area contributed by atoms with Crippen LogP contribution < -0.4 is 0 Å². The van der Waals surface area contributed by atoms with Crippen LogP contribution in [0.1, 0.15) is 39.5 Å². The lowest BCUT2D eigenvalue weighted by Crippen LogP contribution is -2.46. The van der Waals surface area contributed by atoms with Gasteiger partial charge in [-0.3, -0.25) is 14.4 Å². The molecule has 0 bridgehead atoms. The Balaban J connectivity index is 3.07. The monoisotopic (exact) mass is 182 g/mol. The quantitative estimate of drug-likeness (QED) is 0.605. The summed E-state index contributed by atoms with van der Waals surface area (Å²) in [5.74, 6) is -0.756. The second-order valence-corrected chi connectivity index (χ2v) is 3.65. The molecule has 0 N–H and O–H groups in total. The highest BCUT2D eigenvalue weighted by atomic mass is 16.2. The summed E-state index contributed by atoms with van der Waals surface area (Å²) in [6, 6.07) is 0. The molecule has 3 nitrogen and oxygen atoms in total. The Hall–Kier alpha value is -0.990. The van der Waals surface area contributed by atoms with E-state index in [1.165, 1.54) is 13.8 Å². The van der Waals surface area contributed by atoms with Gasteiger partial charge in [0.1, 0.15) is 5.41 Å². The minimum atomic E-state index is -1.28. The topological polar surface area (TPSA) is 51.2 Å². The van der Waals surface area contributed by atoms with Gasteiger partial charge in [-0.05, 0) is 26.7 Å². The van der Waals surface area contributed by atoms with Gasteiger partial charge in [0.2, 0.25) is 0 Å². The van der Waals surface area contributed by atoms with Gasteiger partial charge in [-0.25, -0.2) is 0 Å². The second-order valence-electron chi connectivity index (χ2n) is 3.65. The van der Waals surface area contributed by atoms with Crippen LogP contribution in [0.4, 0.5) is 0 Å². The molecule has 1 fully saturated rings. The van der Waals surface area contributed by atoms with E-state index in [1.54, 1.807) is 0 Å². The first-order valence-electron chi connectivity index (χ1n) is 4.57. The van der Waals surface area contributed by atoms with E-state index in [9.17, 15) is 14.4 Å². The molecule has 0 heterocycles. The Bertz CT molecular complexity index is 251. The molecule has 1 aliphatic carbocycles. The maximum atomic E-state index is 11.6. The van der Waals surface area contributed by atoms with Crippen LogP contribution in [0.25, 0.3) is 0 Å². The predicted molar refractivity (Wildman–Crippen MR) is 47.3 cm³/mol. The van der Waals surface area contributed by atoms with E-state index in [-0.39, 0.29) is 17.3 Å². The molecule has 3 heteroatoms. The Kier molecular flexibility index (Phi) is 2.64. The summed E-state index contributed by atoms with van der Waals surface area (Å²) in [4.78, 5) is 34.2. The van der Waals surface area contributed by atoms with Gasteiger partial charge < -0.3 is 0 Å². The van der Waals surface area contributed by atoms with Gasteiger partial charge in [0.25, 0.3) is 0 Å². The third-order valence-electron chi connectivity index (χ3n) is 2.88. The third-order valence-corrected chi connectivity index (χ3v) is 2.88. The van der Waals surface area contributed by atoms with Gasteiger partial charge in [-0.15, -0.1) is 0 Å². The van der Waals surface area contributed by atoms with E-state index in [0.717, 1.165) is 12.8 Å². The van der Waals surface area contributed by atoms with E-state index >= 15 is 0 Å². The first-order chi connectivity index (χ1) is 6.01. The van der Waals surface area contributed by atoms with Crippen LogP contribution >= 0.6 is 0 Å². The SMILES string of the molecule is CC(=O)C1(C(C)=O)CCCCC1=O. The Morgan fingerprint density at radius 1 is 1.15 bits per heavy atom. The van der Waals surface area contributed by atoms with E-state index in [1.807, 2.05) is 0 Å². The molecule has 1 rings (SSSR count). The number of rotatable bonds is 2. The molecule has 0 aliphatic heterocycles. The van der Waals surface area contributed by atoms with Crippen molar-refractivity contribution in [3.05, 3.63) is 0 Å². The van der Waals surface area contributed by atoms with Crippen molar-refractivity contribution in [2.45, 2.75) is 39.5 Å². The molecule has 1 aliphatic rings. The van der Waals surface area contributed by atoms with Gasteiger partial charge in [0.15, 0.2) is 17.3 Å². The zero-order valence-electron chi connectivity index (χ0n) is 8.05. The lowest BCUT2D eigenvalue weighted by atomic mass is 9.68. The summed E-state index contributed by atoms with van der Waals surface area (Å²) in [7, 11) is 0. The first kappa shape index (κ1) is 10.1. The maximum Gasteiger partial charge on any atom is 0.153 e. The minimum absolute atomic E-state index is 0.182. The number of ketones is 3. The zero-order chi connectivity index (χ0) is 10.1. The zero-order valence-corrected chi connectivity index (χ0v) is 8.05. The number of Topliss-reactive ketones (excluding diaryl/α,β-unsaturated/α-hetero) is 3. The molecule has 0 unspecified atom stereocenters. The van der Waals surface area contributed by atoms with Crippen LogP contribution in [-0.4, -0.2) is 17.3 Å². The lowest BCUT2D eigenvalue weighted by Gasteiger charge is -2.30. The second kappa shape index (κ2) is 3.40. The fraction of sp³-hybridized carbons (Fsp3) is 0.700. The summed E-state index contributed by atoms with van der Waals surface area (Å²) >= 11 is 0. The van der Waals surface area contributed by atoms with Gasteiger partial charge in [-0.1, -0.05) is 6.42 Å². The average molecular weight is 182 g/mol. The third kappa shape index (κ3) is 1.43. The Labute approximate surface area is 77.5 Å². The highest BCUT2D eigenvalue weighted by molar-refractivity contribution is 6.23.